The van der Waals surface area contributed by atoms with Crippen LogP contribution < -0.4 is 10.6 Å². The molecule has 1 aliphatic rings. The second-order valence-electron chi connectivity index (χ2n) is 7.77. The molecule has 7 heteroatoms. The summed E-state index contributed by atoms with van der Waals surface area (Å²) in [5.41, 5.74) is 3.51. The van der Waals surface area contributed by atoms with Gasteiger partial charge in [-0.25, -0.2) is 0 Å². The fraction of sp³-hybridized carbons (Fsp3) is 0.375. The molecule has 1 heterocycles. The third kappa shape index (κ3) is 5.84. The lowest BCUT2D eigenvalue weighted by atomic mass is 9.95. The fourth-order valence-corrected chi connectivity index (χ4v) is 3.88. The summed E-state index contributed by atoms with van der Waals surface area (Å²) in [5.74, 6) is 4.91. The lowest BCUT2D eigenvalue weighted by Gasteiger charge is -2.35. The fourth-order valence-electron chi connectivity index (χ4n) is 3.88. The number of hydrogen-bond donors (Lipinski definition) is 2. The van der Waals surface area contributed by atoms with E-state index in [1.165, 1.54) is 0 Å². The third-order valence-corrected chi connectivity index (χ3v) is 5.54. The molecule has 0 spiro atoms. The predicted octanol–water partition coefficient (Wildman–Crippen LogP) is 3.59. The minimum Gasteiger partial charge on any atom is -0.489 e. The molecule has 164 valence electrons. The van der Waals surface area contributed by atoms with Crippen molar-refractivity contribution in [3.63, 3.8) is 0 Å². The number of rotatable bonds is 10. The molecule has 0 fully saturated rings. The molecule has 2 aromatic rings. The van der Waals surface area contributed by atoms with Gasteiger partial charge in [0.2, 0.25) is 0 Å². The van der Waals surface area contributed by atoms with Crippen LogP contribution in [0.15, 0.2) is 47.6 Å². The van der Waals surface area contributed by atoms with Crippen molar-refractivity contribution in [2.75, 3.05) is 6.54 Å². The average molecular weight is 424 g/mol. The molecule has 7 nitrogen and oxygen atoms in total. The molecule has 1 atom stereocenters. The zero-order chi connectivity index (χ0) is 22.2. The molecule has 1 aliphatic heterocycles. The summed E-state index contributed by atoms with van der Waals surface area (Å²) in [5, 5.41) is 12.8. The van der Waals surface area contributed by atoms with Gasteiger partial charge in [0.05, 0.1) is 12.6 Å². The van der Waals surface area contributed by atoms with E-state index in [4.69, 9.17) is 10.6 Å². The molecule has 3 rings (SSSR count). The van der Waals surface area contributed by atoms with Crippen molar-refractivity contribution in [2.45, 2.75) is 51.7 Å². The topological polar surface area (TPSA) is 105 Å². The van der Waals surface area contributed by atoms with E-state index in [-0.39, 0.29) is 18.4 Å². The predicted molar refractivity (Wildman–Crippen MR) is 119 cm³/mol. The number of unbranched alkanes of at least 4 members (excludes halogenated alkanes) is 1. The van der Waals surface area contributed by atoms with Crippen molar-refractivity contribution in [1.82, 2.24) is 4.90 Å². The second-order valence-corrected chi connectivity index (χ2v) is 7.77. The molecule has 0 aromatic heterocycles. The molecule has 1 unspecified atom stereocenters. The van der Waals surface area contributed by atoms with Crippen LogP contribution in [0.25, 0.3) is 0 Å². The van der Waals surface area contributed by atoms with E-state index < -0.39 is 5.97 Å². The average Bonchev–Trinajstić information content (AvgIpc) is 2.76. The number of benzene rings is 2. The molecule has 0 aliphatic carbocycles. The van der Waals surface area contributed by atoms with Gasteiger partial charge < -0.3 is 20.6 Å². The number of nitrogens with two attached hydrogens (primary N) is 1. The first-order valence-corrected chi connectivity index (χ1v) is 10.6. The molecule has 31 heavy (non-hydrogen) atoms. The molecular formula is C24H29N3O4. The van der Waals surface area contributed by atoms with Gasteiger partial charge in [-0.1, -0.05) is 44.0 Å². The maximum atomic E-state index is 13.1. The maximum Gasteiger partial charge on any atom is 0.305 e. The van der Waals surface area contributed by atoms with E-state index in [1.807, 2.05) is 30.3 Å². The SMILES string of the molecule is CCCCC(CC(=O)O)N1CCc2cc(OCc3ccc(C=NN)cc3)ccc2C1=O. The smallest absolute Gasteiger partial charge is 0.305 e. The monoisotopic (exact) mass is 423 g/mol. The van der Waals surface area contributed by atoms with Crippen molar-refractivity contribution in [2.24, 2.45) is 10.9 Å². The van der Waals surface area contributed by atoms with Crippen LogP contribution in [0.4, 0.5) is 0 Å². The molecule has 0 saturated heterocycles. The number of carbonyl (C=O) groups is 2. The van der Waals surface area contributed by atoms with Crippen LogP contribution >= 0.6 is 0 Å². The standard InChI is InChI=1S/C24H29N3O4/c1-2-3-4-20(14-23(28)29)27-12-11-19-13-21(9-10-22(19)24(27)30)31-16-18-7-5-17(6-8-18)15-26-25/h5-10,13,15,20H,2-4,11-12,14,16,25H2,1H3,(H,28,29). The van der Waals surface area contributed by atoms with Gasteiger partial charge in [0, 0.05) is 18.2 Å². The van der Waals surface area contributed by atoms with Crippen molar-refractivity contribution < 1.29 is 19.4 Å². The number of amides is 1. The highest BCUT2D eigenvalue weighted by atomic mass is 16.5. The zero-order valence-electron chi connectivity index (χ0n) is 17.8. The summed E-state index contributed by atoms with van der Waals surface area (Å²) in [4.78, 5) is 26.1. The Morgan fingerprint density at radius 1 is 1.29 bits per heavy atom. The summed E-state index contributed by atoms with van der Waals surface area (Å²) in [7, 11) is 0. The number of hydrogen-bond acceptors (Lipinski definition) is 5. The Morgan fingerprint density at radius 2 is 2.06 bits per heavy atom. The van der Waals surface area contributed by atoms with E-state index >= 15 is 0 Å². The van der Waals surface area contributed by atoms with Gasteiger partial charge in [0.15, 0.2) is 0 Å². The summed E-state index contributed by atoms with van der Waals surface area (Å²) in [6.45, 7) is 3.01. The second kappa shape index (κ2) is 10.6. The summed E-state index contributed by atoms with van der Waals surface area (Å²) in [6, 6.07) is 13.0. The van der Waals surface area contributed by atoms with E-state index in [1.54, 1.807) is 23.2 Å². The number of nitrogens with zero attached hydrogens (tertiary/aromatic N) is 2. The molecule has 0 saturated carbocycles. The lowest BCUT2D eigenvalue weighted by molar-refractivity contribution is -0.138. The van der Waals surface area contributed by atoms with Crippen LogP contribution in [-0.2, 0) is 17.8 Å². The van der Waals surface area contributed by atoms with E-state index in [9.17, 15) is 14.7 Å². The Balaban J connectivity index is 1.67. The van der Waals surface area contributed by atoms with Gasteiger partial charge >= 0.3 is 5.97 Å². The quantitative estimate of drug-likeness (QED) is 0.345. The van der Waals surface area contributed by atoms with Crippen LogP contribution in [-0.4, -0.2) is 40.7 Å². The Bertz CT molecular complexity index is 940. The van der Waals surface area contributed by atoms with E-state index in [0.29, 0.717) is 37.3 Å². The largest absolute Gasteiger partial charge is 0.489 e. The van der Waals surface area contributed by atoms with Gasteiger partial charge in [-0.15, -0.1) is 0 Å². The lowest BCUT2D eigenvalue weighted by Crippen LogP contribution is -2.45. The van der Waals surface area contributed by atoms with Gasteiger partial charge in [-0.05, 0) is 47.7 Å². The normalized spacial score (nSPS) is 14.5. The summed E-state index contributed by atoms with van der Waals surface area (Å²) < 4.78 is 5.91. The Kier molecular flexibility index (Phi) is 7.65. The highest BCUT2D eigenvalue weighted by molar-refractivity contribution is 5.97. The van der Waals surface area contributed by atoms with Crippen molar-refractivity contribution in [1.29, 1.82) is 0 Å². The molecular weight excluding hydrogens is 394 g/mol. The number of carboxylic acid groups (broad SMARTS) is 1. The van der Waals surface area contributed by atoms with E-state index in [2.05, 4.69) is 12.0 Å². The van der Waals surface area contributed by atoms with Crippen LogP contribution in [0.5, 0.6) is 5.75 Å². The van der Waals surface area contributed by atoms with Crippen LogP contribution in [0.1, 0.15) is 59.7 Å². The van der Waals surface area contributed by atoms with Crippen molar-refractivity contribution in [3.05, 3.63) is 64.7 Å². The molecule has 1 amide bonds. The van der Waals surface area contributed by atoms with Crippen LogP contribution in [0.3, 0.4) is 0 Å². The first-order valence-electron chi connectivity index (χ1n) is 10.6. The Hall–Kier alpha value is -3.35. The van der Waals surface area contributed by atoms with Gasteiger partial charge in [0.25, 0.3) is 5.91 Å². The molecule has 0 bridgehead atoms. The third-order valence-electron chi connectivity index (χ3n) is 5.54. The number of fused-ring (bicyclic) bond motifs is 1. The number of hydrazone groups is 1. The Labute approximate surface area is 182 Å². The molecule has 3 N–H and O–H groups in total. The first-order chi connectivity index (χ1) is 15.0. The summed E-state index contributed by atoms with van der Waals surface area (Å²) >= 11 is 0. The van der Waals surface area contributed by atoms with Gasteiger partial charge in [0.1, 0.15) is 12.4 Å². The highest BCUT2D eigenvalue weighted by Crippen LogP contribution is 2.27. The minimum atomic E-state index is -0.869. The zero-order valence-corrected chi connectivity index (χ0v) is 17.8. The Morgan fingerprint density at radius 3 is 2.74 bits per heavy atom. The van der Waals surface area contributed by atoms with Crippen LogP contribution in [0.2, 0.25) is 0 Å². The maximum absolute atomic E-state index is 13.1. The number of carbonyl (C=O) groups excluding carboxylic acids is 1. The first kappa shape index (κ1) is 22.3. The van der Waals surface area contributed by atoms with Gasteiger partial charge in [-0.2, -0.15) is 5.10 Å². The number of aliphatic carboxylic acids is 1. The highest BCUT2D eigenvalue weighted by Gasteiger charge is 2.31. The van der Waals surface area contributed by atoms with Gasteiger partial charge in [-0.3, -0.25) is 9.59 Å². The summed E-state index contributed by atoms with van der Waals surface area (Å²) in [6.07, 6.45) is 4.84. The van der Waals surface area contributed by atoms with Crippen molar-refractivity contribution in [3.8, 4) is 5.75 Å². The van der Waals surface area contributed by atoms with Crippen LogP contribution in [0, 0.1) is 0 Å². The molecule has 2 aromatic carbocycles. The van der Waals surface area contributed by atoms with Crippen molar-refractivity contribution >= 4 is 18.1 Å². The number of ether oxygens (including phenoxy) is 1. The minimum absolute atomic E-state index is 0.0157. The molecule has 0 radical (unpaired) electrons. The number of carboxylic acids is 1. The van der Waals surface area contributed by atoms with E-state index in [0.717, 1.165) is 29.5 Å².